The van der Waals surface area contributed by atoms with Crippen LogP contribution in [0.5, 0.6) is 0 Å². The van der Waals surface area contributed by atoms with Crippen molar-refractivity contribution in [2.45, 2.75) is 31.2 Å². The number of hydrogen-bond acceptors (Lipinski definition) is 2. The van der Waals surface area contributed by atoms with E-state index in [0.717, 1.165) is 12.8 Å². The third-order valence-electron chi connectivity index (χ3n) is 4.35. The fraction of sp³-hybridized carbons (Fsp3) is 0.438. The molecule has 3 rings (SSSR count). The van der Waals surface area contributed by atoms with Crippen molar-refractivity contribution in [3.05, 3.63) is 53.6 Å². The van der Waals surface area contributed by atoms with Crippen molar-refractivity contribution in [2.24, 2.45) is 7.05 Å². The molecule has 3 heteroatoms. The van der Waals surface area contributed by atoms with Crippen LogP contribution in [0.3, 0.4) is 0 Å². The van der Waals surface area contributed by atoms with Crippen LogP contribution in [0.15, 0.2) is 36.7 Å². The SMILES string of the molecule is CNC(CCc1nccn1C)C1Cc2ccccc21. The van der Waals surface area contributed by atoms with Crippen LogP contribution in [-0.4, -0.2) is 22.6 Å². The minimum Gasteiger partial charge on any atom is -0.338 e. The minimum absolute atomic E-state index is 0.548. The zero-order chi connectivity index (χ0) is 13.2. The summed E-state index contributed by atoms with van der Waals surface area (Å²) in [6.45, 7) is 0. The average Bonchev–Trinajstić information content (AvgIpc) is 2.80. The number of fused-ring (bicyclic) bond motifs is 1. The molecular formula is C16H21N3. The summed E-state index contributed by atoms with van der Waals surface area (Å²) in [4.78, 5) is 4.40. The highest BCUT2D eigenvalue weighted by molar-refractivity contribution is 5.41. The molecule has 19 heavy (non-hydrogen) atoms. The molecular weight excluding hydrogens is 234 g/mol. The first kappa shape index (κ1) is 12.4. The Hall–Kier alpha value is -1.61. The van der Waals surface area contributed by atoms with E-state index >= 15 is 0 Å². The smallest absolute Gasteiger partial charge is 0.108 e. The highest BCUT2D eigenvalue weighted by atomic mass is 15.0. The van der Waals surface area contributed by atoms with Crippen molar-refractivity contribution >= 4 is 0 Å². The minimum atomic E-state index is 0.548. The lowest BCUT2D eigenvalue weighted by molar-refractivity contribution is 0.398. The fourth-order valence-corrected chi connectivity index (χ4v) is 3.13. The number of hydrogen-bond donors (Lipinski definition) is 1. The topological polar surface area (TPSA) is 29.9 Å². The second-order valence-electron chi connectivity index (χ2n) is 5.40. The van der Waals surface area contributed by atoms with Gasteiger partial charge in [0.05, 0.1) is 0 Å². The number of aryl methyl sites for hydroxylation is 2. The Morgan fingerprint density at radius 2 is 2.26 bits per heavy atom. The van der Waals surface area contributed by atoms with E-state index < -0.39 is 0 Å². The summed E-state index contributed by atoms with van der Waals surface area (Å²) in [5, 5.41) is 3.49. The average molecular weight is 255 g/mol. The van der Waals surface area contributed by atoms with Gasteiger partial charge in [0.1, 0.15) is 5.82 Å². The maximum atomic E-state index is 4.40. The van der Waals surface area contributed by atoms with Gasteiger partial charge in [0, 0.05) is 37.8 Å². The zero-order valence-electron chi connectivity index (χ0n) is 11.6. The number of aromatic nitrogens is 2. The second-order valence-corrected chi connectivity index (χ2v) is 5.40. The predicted molar refractivity (Wildman–Crippen MR) is 77.3 cm³/mol. The van der Waals surface area contributed by atoms with Gasteiger partial charge in [-0.05, 0) is 31.0 Å². The molecule has 1 heterocycles. The van der Waals surface area contributed by atoms with Gasteiger partial charge < -0.3 is 9.88 Å². The molecule has 0 spiro atoms. The molecule has 100 valence electrons. The van der Waals surface area contributed by atoms with Crippen LogP contribution >= 0.6 is 0 Å². The Bertz CT molecular complexity index is 559. The van der Waals surface area contributed by atoms with Crippen molar-refractivity contribution in [2.75, 3.05) is 7.05 Å². The zero-order valence-corrected chi connectivity index (χ0v) is 11.6. The maximum Gasteiger partial charge on any atom is 0.108 e. The van der Waals surface area contributed by atoms with Gasteiger partial charge in [-0.1, -0.05) is 24.3 Å². The lowest BCUT2D eigenvalue weighted by Gasteiger charge is -2.36. The van der Waals surface area contributed by atoms with Crippen molar-refractivity contribution < 1.29 is 0 Å². The molecule has 2 aromatic rings. The van der Waals surface area contributed by atoms with Gasteiger partial charge in [-0.15, -0.1) is 0 Å². The van der Waals surface area contributed by atoms with Crippen LogP contribution in [-0.2, 0) is 19.9 Å². The standard InChI is InChI=1S/C16H21N3/c1-17-15(7-8-16-18-9-10-19(16)2)14-11-12-5-3-4-6-13(12)14/h3-6,9-10,14-15,17H,7-8,11H2,1-2H3. The van der Waals surface area contributed by atoms with Crippen molar-refractivity contribution in [1.29, 1.82) is 0 Å². The molecule has 0 fully saturated rings. The van der Waals surface area contributed by atoms with Crippen molar-refractivity contribution in [1.82, 2.24) is 14.9 Å². The number of rotatable bonds is 5. The van der Waals surface area contributed by atoms with Crippen LogP contribution in [0.4, 0.5) is 0 Å². The van der Waals surface area contributed by atoms with Crippen molar-refractivity contribution in [3.8, 4) is 0 Å². The van der Waals surface area contributed by atoms with E-state index in [1.807, 2.05) is 12.4 Å². The van der Waals surface area contributed by atoms with Crippen LogP contribution in [0.25, 0.3) is 0 Å². The summed E-state index contributed by atoms with van der Waals surface area (Å²) in [5.74, 6) is 1.84. The number of likely N-dealkylation sites (N-methyl/N-ethyl adjacent to an activating group) is 1. The van der Waals surface area contributed by atoms with Gasteiger partial charge in [-0.3, -0.25) is 0 Å². The summed E-state index contributed by atoms with van der Waals surface area (Å²) in [7, 11) is 4.14. The highest BCUT2D eigenvalue weighted by Gasteiger charge is 2.31. The molecule has 0 radical (unpaired) electrons. The predicted octanol–water partition coefficient (Wildman–Crippen LogP) is 2.28. The summed E-state index contributed by atoms with van der Waals surface area (Å²) < 4.78 is 2.11. The Labute approximate surface area is 114 Å². The lowest BCUT2D eigenvalue weighted by atomic mass is 9.72. The monoisotopic (exact) mass is 255 g/mol. The third-order valence-corrected chi connectivity index (χ3v) is 4.35. The molecule has 0 saturated carbocycles. The number of benzene rings is 1. The summed E-state index contributed by atoms with van der Waals surface area (Å²) in [5.41, 5.74) is 3.05. The van der Waals surface area contributed by atoms with Crippen molar-refractivity contribution in [3.63, 3.8) is 0 Å². The number of nitrogens with zero attached hydrogens (tertiary/aromatic N) is 2. The summed E-state index contributed by atoms with van der Waals surface area (Å²) in [6.07, 6.45) is 7.28. The number of imidazole rings is 1. The first-order chi connectivity index (χ1) is 9.29. The van der Waals surface area contributed by atoms with Gasteiger partial charge in [-0.2, -0.15) is 0 Å². The summed E-state index contributed by atoms with van der Waals surface area (Å²) >= 11 is 0. The first-order valence-corrected chi connectivity index (χ1v) is 7.01. The van der Waals surface area contributed by atoms with Gasteiger partial charge in [0.15, 0.2) is 0 Å². The molecule has 1 aromatic heterocycles. The van der Waals surface area contributed by atoms with E-state index in [1.165, 1.54) is 23.4 Å². The molecule has 1 aliphatic rings. The van der Waals surface area contributed by atoms with Crippen LogP contribution in [0.2, 0.25) is 0 Å². The van der Waals surface area contributed by atoms with E-state index in [4.69, 9.17) is 0 Å². The van der Waals surface area contributed by atoms with E-state index in [0.29, 0.717) is 12.0 Å². The van der Waals surface area contributed by atoms with Gasteiger partial charge in [-0.25, -0.2) is 4.98 Å². The van der Waals surface area contributed by atoms with Crippen LogP contribution < -0.4 is 5.32 Å². The molecule has 0 bridgehead atoms. The molecule has 0 saturated heterocycles. The Balaban J connectivity index is 1.65. The quantitative estimate of drug-likeness (QED) is 0.888. The third kappa shape index (κ3) is 2.30. The summed E-state index contributed by atoms with van der Waals surface area (Å²) in [6, 6.07) is 9.35. The molecule has 0 aliphatic heterocycles. The molecule has 1 aliphatic carbocycles. The molecule has 2 unspecified atom stereocenters. The highest BCUT2D eigenvalue weighted by Crippen LogP contribution is 2.38. The second kappa shape index (κ2) is 5.17. The maximum absolute atomic E-state index is 4.40. The first-order valence-electron chi connectivity index (χ1n) is 7.01. The largest absolute Gasteiger partial charge is 0.338 e. The van der Waals surface area contributed by atoms with Gasteiger partial charge in [0.2, 0.25) is 0 Å². The molecule has 1 N–H and O–H groups in total. The van der Waals surface area contributed by atoms with E-state index in [1.54, 1.807) is 0 Å². The Morgan fingerprint density at radius 3 is 2.95 bits per heavy atom. The van der Waals surface area contributed by atoms with E-state index in [9.17, 15) is 0 Å². The molecule has 2 atom stereocenters. The number of nitrogens with one attached hydrogen (secondary N) is 1. The lowest BCUT2D eigenvalue weighted by Crippen LogP contribution is -2.38. The van der Waals surface area contributed by atoms with E-state index in [-0.39, 0.29) is 0 Å². The molecule has 0 amide bonds. The fourth-order valence-electron chi connectivity index (χ4n) is 3.13. The van der Waals surface area contributed by atoms with Crippen LogP contribution in [0.1, 0.15) is 29.3 Å². The Morgan fingerprint density at radius 1 is 1.42 bits per heavy atom. The normalized spacial score (nSPS) is 18.7. The molecule has 1 aromatic carbocycles. The Kier molecular flexibility index (Phi) is 3.38. The molecule has 3 nitrogen and oxygen atoms in total. The van der Waals surface area contributed by atoms with Gasteiger partial charge >= 0.3 is 0 Å². The van der Waals surface area contributed by atoms with E-state index in [2.05, 4.69) is 53.2 Å². The van der Waals surface area contributed by atoms with Crippen LogP contribution in [0, 0.1) is 0 Å². The van der Waals surface area contributed by atoms with Gasteiger partial charge in [0.25, 0.3) is 0 Å².